The Labute approximate surface area is 243 Å². The molecule has 0 spiro atoms. The highest BCUT2D eigenvalue weighted by molar-refractivity contribution is 7.99. The fraction of sp³-hybridized carbons (Fsp3) is 0.400. The summed E-state index contributed by atoms with van der Waals surface area (Å²) in [4.78, 5) is 21.8. The number of rotatable bonds is 5. The van der Waals surface area contributed by atoms with Gasteiger partial charge in [-0.15, -0.1) is 0 Å². The van der Waals surface area contributed by atoms with Gasteiger partial charge in [-0.1, -0.05) is 6.07 Å². The molecule has 1 amide bonds. The third kappa shape index (κ3) is 6.68. The Balaban J connectivity index is 1.82. The predicted molar refractivity (Wildman–Crippen MR) is 151 cm³/mol. The Morgan fingerprint density at radius 2 is 1.50 bits per heavy atom. The van der Waals surface area contributed by atoms with Crippen molar-refractivity contribution in [2.75, 3.05) is 41.4 Å². The van der Waals surface area contributed by atoms with Crippen LogP contribution in [0.5, 0.6) is 0 Å². The number of hydrogen-bond acceptors (Lipinski definition) is 4. The first-order valence-electron chi connectivity index (χ1n) is 13.2. The lowest BCUT2D eigenvalue weighted by Gasteiger charge is -2.32. The average molecular weight is 614 g/mol. The minimum absolute atomic E-state index is 0.0349. The number of nitrogens with zero attached hydrogens (tertiary/aromatic N) is 3. The number of aromatic nitrogens is 1. The Kier molecular flexibility index (Phi) is 8.87. The van der Waals surface area contributed by atoms with Crippen molar-refractivity contribution in [2.45, 2.75) is 45.0 Å². The van der Waals surface area contributed by atoms with Gasteiger partial charge in [0.1, 0.15) is 11.6 Å². The lowest BCUT2D eigenvalue weighted by atomic mass is 9.81. The molecule has 0 radical (unpaired) electrons. The number of alkyl halides is 6. The summed E-state index contributed by atoms with van der Waals surface area (Å²) in [5, 5.41) is 0. The van der Waals surface area contributed by atoms with Crippen molar-refractivity contribution in [3.05, 3.63) is 76.7 Å². The van der Waals surface area contributed by atoms with Crippen LogP contribution in [0.3, 0.4) is 0 Å². The summed E-state index contributed by atoms with van der Waals surface area (Å²) in [6, 6.07) is 7.16. The van der Waals surface area contributed by atoms with Crippen LogP contribution in [0, 0.1) is 12.7 Å². The first-order valence-corrected chi connectivity index (χ1v) is 14.3. The summed E-state index contributed by atoms with van der Waals surface area (Å²) in [5.74, 6) is 1.35. The van der Waals surface area contributed by atoms with Crippen molar-refractivity contribution in [2.24, 2.45) is 0 Å². The number of carbonyl (C=O) groups excluding carboxylic acids is 1. The number of likely N-dealkylation sites (N-methyl/N-ethyl adjacent to an activating group) is 1. The van der Waals surface area contributed by atoms with E-state index in [-0.39, 0.29) is 11.8 Å². The molecule has 12 heteroatoms. The molecule has 2 heterocycles. The molecular formula is C30H30F7N3OS. The maximum absolute atomic E-state index is 14.0. The number of anilines is 2. The highest BCUT2D eigenvalue weighted by Crippen LogP contribution is 2.41. The van der Waals surface area contributed by atoms with Crippen LogP contribution in [0.25, 0.3) is 11.1 Å². The van der Waals surface area contributed by atoms with Crippen LogP contribution < -0.4 is 9.80 Å². The lowest BCUT2D eigenvalue weighted by Crippen LogP contribution is -2.42. The van der Waals surface area contributed by atoms with E-state index in [0.29, 0.717) is 34.6 Å². The molecule has 4 rings (SSSR count). The van der Waals surface area contributed by atoms with Crippen LogP contribution in [-0.2, 0) is 22.6 Å². The molecule has 4 nitrogen and oxygen atoms in total. The summed E-state index contributed by atoms with van der Waals surface area (Å²) in [6.07, 6.45) is -7.70. The molecule has 1 aromatic heterocycles. The van der Waals surface area contributed by atoms with E-state index < -0.39 is 46.2 Å². The van der Waals surface area contributed by atoms with Gasteiger partial charge in [0.05, 0.1) is 28.4 Å². The van der Waals surface area contributed by atoms with Gasteiger partial charge < -0.3 is 9.80 Å². The van der Waals surface area contributed by atoms with Crippen LogP contribution in [-0.4, -0.2) is 42.5 Å². The second-order valence-electron chi connectivity index (χ2n) is 10.8. The topological polar surface area (TPSA) is 36.4 Å². The zero-order valence-electron chi connectivity index (χ0n) is 23.5. The summed E-state index contributed by atoms with van der Waals surface area (Å²) >= 11 is 1.83. The maximum Gasteiger partial charge on any atom is 0.416 e. The second kappa shape index (κ2) is 11.8. The SMILES string of the molecule is Cc1cc(F)ccc1-c1cc(N2CCCSCC2)ncc1N(C)C(=O)C(C)(C)c1cc(C(F)(F)F)cc(C(F)(F)F)c1. The van der Waals surface area contributed by atoms with Gasteiger partial charge in [0.2, 0.25) is 5.91 Å². The molecular weight excluding hydrogens is 583 g/mol. The number of hydrogen-bond donors (Lipinski definition) is 0. The third-order valence-corrected chi connectivity index (χ3v) is 8.45. The molecule has 3 aromatic rings. The van der Waals surface area contributed by atoms with Gasteiger partial charge in [-0.2, -0.15) is 38.1 Å². The monoisotopic (exact) mass is 613 g/mol. The first kappa shape index (κ1) is 31.7. The van der Waals surface area contributed by atoms with Crippen LogP contribution >= 0.6 is 11.8 Å². The largest absolute Gasteiger partial charge is 0.416 e. The highest BCUT2D eigenvalue weighted by Gasteiger charge is 2.41. The van der Waals surface area contributed by atoms with E-state index in [9.17, 15) is 35.5 Å². The van der Waals surface area contributed by atoms with Crippen molar-refractivity contribution in [3.63, 3.8) is 0 Å². The quantitative estimate of drug-likeness (QED) is 0.273. The summed E-state index contributed by atoms with van der Waals surface area (Å²) in [5.41, 5.74) is -3.25. The summed E-state index contributed by atoms with van der Waals surface area (Å²) in [7, 11) is 1.39. The van der Waals surface area contributed by atoms with Crippen molar-refractivity contribution in [3.8, 4) is 11.1 Å². The Bertz CT molecular complexity index is 1430. The molecule has 2 aromatic carbocycles. The standard InChI is InChI=1S/C30H30F7N3OS/c1-18-12-22(31)6-7-23(18)24-16-26(40-8-5-10-42-11-9-40)38-17-25(24)39(4)27(41)28(2,3)19-13-20(29(32,33)34)15-21(14-19)30(35,36)37/h6-7,12-17H,5,8-11H2,1-4H3. The molecule has 1 aliphatic rings. The molecule has 0 aliphatic carbocycles. The number of amides is 1. The molecule has 0 atom stereocenters. The minimum Gasteiger partial charge on any atom is -0.356 e. The number of thioether (sulfide) groups is 1. The Morgan fingerprint density at radius 1 is 0.881 bits per heavy atom. The molecule has 1 fully saturated rings. The van der Waals surface area contributed by atoms with E-state index in [0.717, 1.165) is 31.0 Å². The molecule has 1 aliphatic heterocycles. The van der Waals surface area contributed by atoms with E-state index in [2.05, 4.69) is 9.88 Å². The molecule has 1 saturated heterocycles. The number of benzene rings is 2. The third-order valence-electron chi connectivity index (χ3n) is 7.40. The number of carbonyl (C=O) groups is 1. The Hall–Kier alpha value is -3.28. The molecule has 0 saturated carbocycles. The smallest absolute Gasteiger partial charge is 0.356 e. The maximum atomic E-state index is 14.0. The van der Waals surface area contributed by atoms with E-state index >= 15 is 0 Å². The highest BCUT2D eigenvalue weighted by atomic mass is 32.2. The molecule has 0 bridgehead atoms. The number of halogens is 7. The van der Waals surface area contributed by atoms with Gasteiger partial charge in [0.25, 0.3) is 0 Å². The minimum atomic E-state index is -5.06. The predicted octanol–water partition coefficient (Wildman–Crippen LogP) is 8.12. The zero-order chi connectivity index (χ0) is 31.0. The molecule has 226 valence electrons. The normalized spacial score (nSPS) is 15.0. The van der Waals surface area contributed by atoms with Gasteiger partial charge >= 0.3 is 12.4 Å². The van der Waals surface area contributed by atoms with Crippen molar-refractivity contribution in [1.29, 1.82) is 0 Å². The zero-order valence-corrected chi connectivity index (χ0v) is 24.3. The van der Waals surface area contributed by atoms with Gasteiger partial charge in [0.15, 0.2) is 0 Å². The number of aryl methyl sites for hydroxylation is 1. The van der Waals surface area contributed by atoms with Gasteiger partial charge in [-0.3, -0.25) is 4.79 Å². The van der Waals surface area contributed by atoms with Crippen LogP contribution in [0.1, 0.15) is 42.5 Å². The average Bonchev–Trinajstić information content (AvgIpc) is 3.20. The molecule has 0 unspecified atom stereocenters. The van der Waals surface area contributed by atoms with Gasteiger partial charge in [-0.25, -0.2) is 9.37 Å². The van der Waals surface area contributed by atoms with Crippen LogP contribution in [0.15, 0.2) is 48.7 Å². The lowest BCUT2D eigenvalue weighted by molar-refractivity contribution is -0.143. The van der Waals surface area contributed by atoms with Crippen molar-refractivity contribution in [1.82, 2.24) is 4.98 Å². The van der Waals surface area contributed by atoms with Crippen molar-refractivity contribution >= 4 is 29.2 Å². The van der Waals surface area contributed by atoms with Crippen molar-refractivity contribution < 1.29 is 35.5 Å². The van der Waals surface area contributed by atoms with Gasteiger partial charge in [0, 0.05) is 31.5 Å². The van der Waals surface area contributed by atoms with E-state index in [1.807, 2.05) is 11.8 Å². The fourth-order valence-corrected chi connectivity index (χ4v) is 5.85. The summed E-state index contributed by atoms with van der Waals surface area (Å²) in [6.45, 7) is 5.78. The Morgan fingerprint density at radius 3 is 2.10 bits per heavy atom. The van der Waals surface area contributed by atoms with E-state index in [1.165, 1.54) is 44.1 Å². The van der Waals surface area contributed by atoms with E-state index in [4.69, 9.17) is 0 Å². The first-order chi connectivity index (χ1) is 19.5. The van der Waals surface area contributed by atoms with Gasteiger partial charge in [-0.05, 0) is 86.0 Å². The number of pyridine rings is 1. The van der Waals surface area contributed by atoms with E-state index in [1.54, 1.807) is 19.1 Å². The molecule has 0 N–H and O–H groups in total. The van der Waals surface area contributed by atoms with Crippen LogP contribution in [0.2, 0.25) is 0 Å². The fourth-order valence-electron chi connectivity index (χ4n) is 4.97. The second-order valence-corrected chi connectivity index (χ2v) is 12.0. The summed E-state index contributed by atoms with van der Waals surface area (Å²) < 4.78 is 95.4. The van der Waals surface area contributed by atoms with Crippen LogP contribution in [0.4, 0.5) is 42.2 Å². The molecule has 42 heavy (non-hydrogen) atoms.